The molecule has 0 saturated heterocycles. The van der Waals surface area contributed by atoms with Gasteiger partial charge in [0.2, 0.25) is 0 Å². The molecule has 0 atom stereocenters. The van der Waals surface area contributed by atoms with Crippen LogP contribution in [0.25, 0.3) is 11.8 Å². The number of aromatic nitrogens is 1. The van der Waals surface area contributed by atoms with Crippen molar-refractivity contribution in [3.05, 3.63) is 92.3 Å². The van der Waals surface area contributed by atoms with Gasteiger partial charge < -0.3 is 9.88 Å². The van der Waals surface area contributed by atoms with E-state index in [1.54, 1.807) is 18.2 Å². The third-order valence-electron chi connectivity index (χ3n) is 5.04. The minimum atomic E-state index is -0.482. The molecule has 0 spiro atoms. The average molecular weight is 414 g/mol. The summed E-state index contributed by atoms with van der Waals surface area (Å²) in [6, 6.07) is 15.9. The van der Waals surface area contributed by atoms with E-state index < -0.39 is 10.8 Å². The van der Waals surface area contributed by atoms with Gasteiger partial charge in [-0.1, -0.05) is 12.1 Å². The average Bonchev–Trinajstić information content (AvgIpc) is 2.99. The molecule has 0 aliphatic heterocycles. The molecule has 3 rings (SSSR count). The molecule has 156 valence electrons. The molecule has 1 heterocycles. The van der Waals surface area contributed by atoms with Gasteiger partial charge >= 0.3 is 0 Å². The minimum absolute atomic E-state index is 0.0119. The first kappa shape index (κ1) is 21.5. The van der Waals surface area contributed by atoms with Crippen molar-refractivity contribution < 1.29 is 9.72 Å². The Morgan fingerprint density at radius 2 is 1.87 bits per heavy atom. The highest BCUT2D eigenvalue weighted by Crippen LogP contribution is 2.27. The number of carbonyl (C=O) groups is 1. The molecule has 0 unspecified atom stereocenters. The van der Waals surface area contributed by atoms with Crippen LogP contribution in [0.2, 0.25) is 0 Å². The zero-order valence-corrected chi connectivity index (χ0v) is 17.8. The van der Waals surface area contributed by atoms with E-state index in [4.69, 9.17) is 0 Å². The first-order chi connectivity index (χ1) is 14.7. The second-order valence-corrected chi connectivity index (χ2v) is 7.38. The summed E-state index contributed by atoms with van der Waals surface area (Å²) in [5, 5.41) is 23.3. The maximum atomic E-state index is 12.6. The monoisotopic (exact) mass is 414 g/mol. The Kier molecular flexibility index (Phi) is 6.02. The zero-order chi connectivity index (χ0) is 22.7. The number of benzene rings is 2. The van der Waals surface area contributed by atoms with E-state index >= 15 is 0 Å². The molecule has 0 saturated carbocycles. The molecule has 31 heavy (non-hydrogen) atoms. The maximum Gasteiger partial charge on any atom is 0.269 e. The molecule has 0 aliphatic rings. The Labute approximate surface area is 180 Å². The lowest BCUT2D eigenvalue weighted by Gasteiger charge is -2.12. The maximum absolute atomic E-state index is 12.6. The minimum Gasteiger partial charge on any atom is -0.321 e. The van der Waals surface area contributed by atoms with E-state index in [0.717, 1.165) is 33.8 Å². The number of nitro groups is 1. The number of nitro benzene ring substituents is 1. The van der Waals surface area contributed by atoms with Crippen LogP contribution >= 0.6 is 0 Å². The Hall–Kier alpha value is -4.18. The second-order valence-electron chi connectivity index (χ2n) is 7.38. The predicted molar refractivity (Wildman–Crippen MR) is 120 cm³/mol. The molecule has 2 aromatic carbocycles. The summed E-state index contributed by atoms with van der Waals surface area (Å²) in [4.78, 5) is 23.2. The van der Waals surface area contributed by atoms with Crippen LogP contribution in [0.15, 0.2) is 54.1 Å². The van der Waals surface area contributed by atoms with E-state index in [9.17, 15) is 20.2 Å². The van der Waals surface area contributed by atoms with Crippen LogP contribution in [0.4, 0.5) is 11.4 Å². The summed E-state index contributed by atoms with van der Waals surface area (Å²) in [6.07, 6.45) is 1.56. The number of rotatable bonds is 5. The van der Waals surface area contributed by atoms with E-state index in [2.05, 4.69) is 5.32 Å². The van der Waals surface area contributed by atoms with Gasteiger partial charge in [0, 0.05) is 34.9 Å². The molecule has 0 aliphatic carbocycles. The van der Waals surface area contributed by atoms with Gasteiger partial charge in [0.25, 0.3) is 11.6 Å². The standard InChI is InChI=1S/C24H22N4O3/c1-15-6-5-7-21(10-15)26-24(29)20(14-25)13-19-12-17(3)27(18(19)4)23-9-8-22(28(30)31)11-16(23)2/h5-13H,1-4H3,(H,26,29)/b20-13-. The highest BCUT2D eigenvalue weighted by molar-refractivity contribution is 6.09. The third-order valence-corrected chi connectivity index (χ3v) is 5.04. The first-order valence-corrected chi connectivity index (χ1v) is 9.65. The molecule has 1 amide bonds. The van der Waals surface area contributed by atoms with Crippen molar-refractivity contribution in [3.63, 3.8) is 0 Å². The predicted octanol–water partition coefficient (Wildman–Crippen LogP) is 5.16. The van der Waals surface area contributed by atoms with Gasteiger partial charge in [-0.25, -0.2) is 0 Å². The van der Waals surface area contributed by atoms with Gasteiger partial charge in [-0.3, -0.25) is 14.9 Å². The molecule has 0 fully saturated rings. The van der Waals surface area contributed by atoms with Crippen LogP contribution in [-0.4, -0.2) is 15.4 Å². The van der Waals surface area contributed by atoms with Crippen LogP contribution in [-0.2, 0) is 4.79 Å². The highest BCUT2D eigenvalue weighted by atomic mass is 16.6. The van der Waals surface area contributed by atoms with Crippen molar-refractivity contribution in [2.75, 3.05) is 5.32 Å². The number of nitrogens with one attached hydrogen (secondary N) is 1. The lowest BCUT2D eigenvalue weighted by molar-refractivity contribution is -0.384. The molecule has 7 nitrogen and oxygen atoms in total. The van der Waals surface area contributed by atoms with Gasteiger partial charge in [0.1, 0.15) is 11.6 Å². The van der Waals surface area contributed by atoms with Crippen molar-refractivity contribution >= 4 is 23.4 Å². The quantitative estimate of drug-likeness (QED) is 0.269. The Morgan fingerprint density at radius 3 is 2.48 bits per heavy atom. The summed E-state index contributed by atoms with van der Waals surface area (Å²) < 4.78 is 1.96. The number of hydrogen-bond donors (Lipinski definition) is 1. The van der Waals surface area contributed by atoms with Crippen molar-refractivity contribution in [2.45, 2.75) is 27.7 Å². The number of aryl methyl sites for hydroxylation is 3. The highest BCUT2D eigenvalue weighted by Gasteiger charge is 2.16. The van der Waals surface area contributed by atoms with Gasteiger partial charge in [-0.15, -0.1) is 0 Å². The lowest BCUT2D eigenvalue weighted by atomic mass is 10.1. The van der Waals surface area contributed by atoms with E-state index in [-0.39, 0.29) is 11.3 Å². The summed E-state index contributed by atoms with van der Waals surface area (Å²) in [7, 11) is 0. The van der Waals surface area contributed by atoms with Crippen LogP contribution in [0.3, 0.4) is 0 Å². The molecular formula is C24H22N4O3. The third kappa shape index (κ3) is 4.54. The van der Waals surface area contributed by atoms with Crippen LogP contribution < -0.4 is 5.32 Å². The van der Waals surface area contributed by atoms with Gasteiger partial charge in [0.15, 0.2) is 0 Å². The molecule has 0 bridgehead atoms. The van der Waals surface area contributed by atoms with Gasteiger partial charge in [0.05, 0.1) is 4.92 Å². The van der Waals surface area contributed by atoms with Crippen molar-refractivity contribution in [1.29, 1.82) is 5.26 Å². The van der Waals surface area contributed by atoms with E-state index in [0.29, 0.717) is 5.69 Å². The fourth-order valence-electron chi connectivity index (χ4n) is 3.53. The van der Waals surface area contributed by atoms with Crippen molar-refractivity contribution in [2.24, 2.45) is 0 Å². The second kappa shape index (κ2) is 8.67. The number of non-ortho nitro benzene ring substituents is 1. The molecule has 3 aromatic rings. The van der Waals surface area contributed by atoms with Gasteiger partial charge in [-0.2, -0.15) is 5.26 Å². The van der Waals surface area contributed by atoms with Crippen LogP contribution in [0.5, 0.6) is 0 Å². The van der Waals surface area contributed by atoms with Crippen molar-refractivity contribution in [3.8, 4) is 11.8 Å². The van der Waals surface area contributed by atoms with Crippen molar-refractivity contribution in [1.82, 2.24) is 4.57 Å². The molecule has 1 aromatic heterocycles. The molecule has 1 N–H and O–H groups in total. The molecular weight excluding hydrogens is 392 g/mol. The molecule has 0 radical (unpaired) electrons. The summed E-state index contributed by atoms with van der Waals surface area (Å²) in [6.45, 7) is 7.52. The fourth-order valence-corrected chi connectivity index (χ4v) is 3.53. The normalized spacial score (nSPS) is 11.1. The van der Waals surface area contributed by atoms with Crippen LogP contribution in [0, 0.1) is 49.1 Å². The van der Waals surface area contributed by atoms with E-state index in [1.807, 2.05) is 62.6 Å². The number of amides is 1. The van der Waals surface area contributed by atoms with E-state index in [1.165, 1.54) is 12.1 Å². The Balaban J connectivity index is 1.97. The number of nitriles is 1. The smallest absolute Gasteiger partial charge is 0.269 e. The number of nitrogens with zero attached hydrogens (tertiary/aromatic N) is 3. The SMILES string of the molecule is Cc1cccc(NC(=O)/C(C#N)=C\c2cc(C)n(-c3ccc([N+](=O)[O-])cc3C)c2C)c1. The largest absolute Gasteiger partial charge is 0.321 e. The number of carbonyl (C=O) groups excluding carboxylic acids is 1. The number of hydrogen-bond acceptors (Lipinski definition) is 4. The number of anilines is 1. The molecule has 7 heteroatoms. The summed E-state index contributed by atoms with van der Waals surface area (Å²) >= 11 is 0. The summed E-state index contributed by atoms with van der Waals surface area (Å²) in [5.41, 5.74) is 5.65. The summed E-state index contributed by atoms with van der Waals surface area (Å²) in [5.74, 6) is -0.482. The fraction of sp³-hybridized carbons (Fsp3) is 0.167. The Morgan fingerprint density at radius 1 is 1.13 bits per heavy atom. The topological polar surface area (TPSA) is 101 Å². The van der Waals surface area contributed by atoms with Crippen LogP contribution in [0.1, 0.15) is 28.1 Å². The first-order valence-electron chi connectivity index (χ1n) is 9.65. The lowest BCUT2D eigenvalue weighted by Crippen LogP contribution is -2.13. The Bertz CT molecular complexity index is 1260. The van der Waals surface area contributed by atoms with Gasteiger partial charge in [-0.05, 0) is 74.7 Å². The zero-order valence-electron chi connectivity index (χ0n) is 17.8.